The molecule has 1 aromatic carbocycles. The number of benzene rings is 1. The van der Waals surface area contributed by atoms with Gasteiger partial charge in [0.2, 0.25) is 0 Å². The Kier molecular flexibility index (Phi) is 5.85. The van der Waals surface area contributed by atoms with Crippen LogP contribution in [-0.2, 0) is 6.54 Å². The molecule has 0 bridgehead atoms. The average molecular weight is 352 g/mol. The summed E-state index contributed by atoms with van der Waals surface area (Å²) in [5.74, 6) is -0.335. The van der Waals surface area contributed by atoms with Crippen molar-refractivity contribution in [1.82, 2.24) is 9.88 Å². The lowest BCUT2D eigenvalue weighted by molar-refractivity contribution is 0.310. The molecule has 1 aromatic heterocycles. The number of rotatable bonds is 6. The molecule has 0 aliphatic rings. The predicted octanol–water partition coefficient (Wildman–Crippen LogP) is 3.51. The third kappa shape index (κ3) is 5.19. The topological polar surface area (TPSA) is 42.1 Å². The zero-order valence-corrected chi connectivity index (χ0v) is 13.6. The molecule has 0 saturated heterocycles. The molecule has 0 spiro atoms. The molecule has 2 aromatic rings. The highest BCUT2D eigenvalue weighted by Gasteiger charge is 2.09. The summed E-state index contributed by atoms with van der Waals surface area (Å²) in [6.07, 6.45) is 1.99. The van der Waals surface area contributed by atoms with Crippen molar-refractivity contribution < 1.29 is 4.39 Å². The maximum absolute atomic E-state index is 12.8. The fourth-order valence-corrected chi connectivity index (χ4v) is 2.59. The van der Waals surface area contributed by atoms with E-state index in [2.05, 4.69) is 45.0 Å². The highest BCUT2D eigenvalue weighted by molar-refractivity contribution is 9.10. The molecular formula is C16H19BrFN3. The van der Waals surface area contributed by atoms with Gasteiger partial charge in [0, 0.05) is 23.6 Å². The van der Waals surface area contributed by atoms with Crippen molar-refractivity contribution in [1.29, 1.82) is 0 Å². The van der Waals surface area contributed by atoms with Gasteiger partial charge in [-0.3, -0.25) is 4.98 Å². The van der Waals surface area contributed by atoms with Crippen LogP contribution in [0.3, 0.4) is 0 Å². The minimum absolute atomic E-state index is 0.171. The number of aromatic nitrogens is 1. The zero-order valence-electron chi connectivity index (χ0n) is 12.0. The Hall–Kier alpha value is -1.30. The van der Waals surface area contributed by atoms with Gasteiger partial charge in [0.05, 0.1) is 11.9 Å². The van der Waals surface area contributed by atoms with Crippen LogP contribution in [0.5, 0.6) is 0 Å². The normalized spacial score (nSPS) is 12.6. The number of pyridine rings is 1. The Labute approximate surface area is 133 Å². The lowest BCUT2D eigenvalue weighted by atomic mass is 10.1. The van der Waals surface area contributed by atoms with E-state index >= 15 is 0 Å². The molecule has 0 saturated carbocycles. The van der Waals surface area contributed by atoms with Crippen LogP contribution in [0.25, 0.3) is 0 Å². The Morgan fingerprint density at radius 3 is 2.81 bits per heavy atom. The van der Waals surface area contributed by atoms with Gasteiger partial charge in [-0.05, 0) is 43.3 Å². The largest absolute Gasteiger partial charge is 0.323 e. The van der Waals surface area contributed by atoms with Crippen LogP contribution >= 0.6 is 15.9 Å². The molecule has 0 fully saturated rings. The van der Waals surface area contributed by atoms with Gasteiger partial charge in [-0.25, -0.2) is 4.39 Å². The molecular weight excluding hydrogens is 333 g/mol. The van der Waals surface area contributed by atoms with E-state index in [1.807, 2.05) is 12.1 Å². The Balaban J connectivity index is 1.83. The third-order valence-electron chi connectivity index (χ3n) is 3.29. The quantitative estimate of drug-likeness (QED) is 0.865. The van der Waals surface area contributed by atoms with Gasteiger partial charge in [-0.2, -0.15) is 0 Å². The van der Waals surface area contributed by atoms with E-state index in [0.717, 1.165) is 29.7 Å². The van der Waals surface area contributed by atoms with Crippen LogP contribution < -0.4 is 5.73 Å². The van der Waals surface area contributed by atoms with Crippen molar-refractivity contribution in [2.24, 2.45) is 5.73 Å². The first-order chi connectivity index (χ1) is 10.0. The smallest absolute Gasteiger partial charge is 0.141 e. The third-order valence-corrected chi connectivity index (χ3v) is 3.79. The van der Waals surface area contributed by atoms with E-state index in [1.165, 1.54) is 17.8 Å². The molecule has 1 heterocycles. The minimum atomic E-state index is -0.335. The van der Waals surface area contributed by atoms with Gasteiger partial charge in [-0.1, -0.05) is 28.1 Å². The summed E-state index contributed by atoms with van der Waals surface area (Å²) in [7, 11) is 2.06. The molecule has 2 rings (SSSR count). The standard InChI is InChI=1S/C16H19BrFN3/c1-21(11-12-3-2-4-13(17)9-12)8-7-15(19)16-6-5-14(18)10-20-16/h2-6,9-10,15H,7-8,11,19H2,1H3. The van der Waals surface area contributed by atoms with E-state index in [9.17, 15) is 4.39 Å². The number of hydrogen-bond acceptors (Lipinski definition) is 3. The number of hydrogen-bond donors (Lipinski definition) is 1. The lowest BCUT2D eigenvalue weighted by Crippen LogP contribution is -2.23. The van der Waals surface area contributed by atoms with Crippen molar-refractivity contribution >= 4 is 15.9 Å². The van der Waals surface area contributed by atoms with Crippen LogP contribution in [0.1, 0.15) is 23.7 Å². The van der Waals surface area contributed by atoms with Gasteiger partial charge in [0.15, 0.2) is 0 Å². The van der Waals surface area contributed by atoms with E-state index < -0.39 is 0 Å². The molecule has 3 nitrogen and oxygen atoms in total. The van der Waals surface area contributed by atoms with E-state index in [-0.39, 0.29) is 11.9 Å². The maximum Gasteiger partial charge on any atom is 0.141 e. The Bertz CT molecular complexity index is 574. The first-order valence-electron chi connectivity index (χ1n) is 6.84. The first-order valence-corrected chi connectivity index (χ1v) is 7.64. The summed E-state index contributed by atoms with van der Waals surface area (Å²) in [5, 5.41) is 0. The van der Waals surface area contributed by atoms with Crippen molar-refractivity contribution in [2.45, 2.75) is 19.0 Å². The monoisotopic (exact) mass is 351 g/mol. The van der Waals surface area contributed by atoms with Gasteiger partial charge in [0.25, 0.3) is 0 Å². The Morgan fingerprint density at radius 2 is 2.14 bits per heavy atom. The highest BCUT2D eigenvalue weighted by Crippen LogP contribution is 2.15. The molecule has 21 heavy (non-hydrogen) atoms. The average Bonchev–Trinajstić information content (AvgIpc) is 2.45. The first kappa shape index (κ1) is 16.1. The fraction of sp³-hybridized carbons (Fsp3) is 0.312. The number of nitrogens with two attached hydrogens (primary N) is 1. The highest BCUT2D eigenvalue weighted by atomic mass is 79.9. The number of halogens is 2. The van der Waals surface area contributed by atoms with Gasteiger partial charge in [-0.15, -0.1) is 0 Å². The molecule has 2 N–H and O–H groups in total. The van der Waals surface area contributed by atoms with E-state index in [4.69, 9.17) is 5.73 Å². The van der Waals surface area contributed by atoms with E-state index in [0.29, 0.717) is 0 Å². The van der Waals surface area contributed by atoms with Crippen LogP contribution in [0.2, 0.25) is 0 Å². The summed E-state index contributed by atoms with van der Waals surface area (Å²) >= 11 is 3.47. The van der Waals surface area contributed by atoms with Crippen molar-refractivity contribution in [3.63, 3.8) is 0 Å². The molecule has 0 aliphatic carbocycles. The van der Waals surface area contributed by atoms with Crippen molar-refractivity contribution in [3.8, 4) is 0 Å². The molecule has 112 valence electrons. The summed E-state index contributed by atoms with van der Waals surface area (Å²) in [6.45, 7) is 1.72. The second-order valence-corrected chi connectivity index (χ2v) is 6.08. The fourth-order valence-electron chi connectivity index (χ4n) is 2.14. The SMILES string of the molecule is CN(CCC(N)c1ccc(F)cn1)Cc1cccc(Br)c1. The van der Waals surface area contributed by atoms with Crippen LogP contribution in [0.15, 0.2) is 47.1 Å². The van der Waals surface area contributed by atoms with Crippen molar-refractivity contribution in [2.75, 3.05) is 13.6 Å². The summed E-state index contributed by atoms with van der Waals surface area (Å²) < 4.78 is 13.9. The lowest BCUT2D eigenvalue weighted by Gasteiger charge is -2.19. The zero-order chi connectivity index (χ0) is 15.2. The molecule has 1 atom stereocenters. The Morgan fingerprint density at radius 1 is 1.33 bits per heavy atom. The van der Waals surface area contributed by atoms with Gasteiger partial charge >= 0.3 is 0 Å². The predicted molar refractivity (Wildman–Crippen MR) is 86.2 cm³/mol. The molecule has 0 amide bonds. The van der Waals surface area contributed by atoms with Crippen molar-refractivity contribution in [3.05, 3.63) is 64.1 Å². The minimum Gasteiger partial charge on any atom is -0.323 e. The van der Waals surface area contributed by atoms with E-state index in [1.54, 1.807) is 6.07 Å². The molecule has 5 heteroatoms. The second-order valence-electron chi connectivity index (χ2n) is 5.16. The van der Waals surface area contributed by atoms with Crippen LogP contribution in [0.4, 0.5) is 4.39 Å². The van der Waals surface area contributed by atoms with Crippen LogP contribution in [0, 0.1) is 5.82 Å². The van der Waals surface area contributed by atoms with Gasteiger partial charge < -0.3 is 10.6 Å². The van der Waals surface area contributed by atoms with Crippen LogP contribution in [-0.4, -0.2) is 23.5 Å². The summed E-state index contributed by atoms with van der Waals surface area (Å²) in [5.41, 5.74) is 8.07. The maximum atomic E-state index is 12.8. The summed E-state index contributed by atoms with van der Waals surface area (Å²) in [4.78, 5) is 6.24. The number of nitrogens with zero attached hydrogens (tertiary/aromatic N) is 2. The molecule has 0 radical (unpaired) electrons. The second kappa shape index (κ2) is 7.64. The molecule has 1 unspecified atom stereocenters. The van der Waals surface area contributed by atoms with Gasteiger partial charge in [0.1, 0.15) is 5.82 Å². The summed E-state index contributed by atoms with van der Waals surface area (Å²) in [6, 6.07) is 11.1. The molecule has 0 aliphatic heterocycles.